The molecular weight excluding hydrogens is 328 g/mol. The van der Waals surface area contributed by atoms with Crippen LogP contribution in [0.25, 0.3) is 0 Å². The SMILES string of the molecule is COc1ccccc1CNC(=O)C1CC(=O)N(c2cc(C)ccc2C)C1. The van der Waals surface area contributed by atoms with Gasteiger partial charge < -0.3 is 15.0 Å². The number of benzene rings is 2. The van der Waals surface area contributed by atoms with Crippen molar-refractivity contribution in [3.05, 3.63) is 59.2 Å². The van der Waals surface area contributed by atoms with Crippen LogP contribution in [-0.4, -0.2) is 25.5 Å². The Morgan fingerprint density at radius 2 is 2.00 bits per heavy atom. The fraction of sp³-hybridized carbons (Fsp3) is 0.333. The van der Waals surface area contributed by atoms with Gasteiger partial charge in [0.05, 0.1) is 13.0 Å². The molecule has 1 atom stereocenters. The van der Waals surface area contributed by atoms with Crippen molar-refractivity contribution in [1.82, 2.24) is 5.32 Å². The van der Waals surface area contributed by atoms with Gasteiger partial charge in [0.15, 0.2) is 0 Å². The highest BCUT2D eigenvalue weighted by Gasteiger charge is 2.35. The van der Waals surface area contributed by atoms with Gasteiger partial charge >= 0.3 is 0 Å². The van der Waals surface area contributed by atoms with Gasteiger partial charge in [-0.05, 0) is 37.1 Å². The van der Waals surface area contributed by atoms with Gasteiger partial charge in [-0.1, -0.05) is 30.3 Å². The van der Waals surface area contributed by atoms with Gasteiger partial charge in [-0.15, -0.1) is 0 Å². The molecule has 0 saturated carbocycles. The van der Waals surface area contributed by atoms with Gasteiger partial charge in [0, 0.05) is 30.8 Å². The number of methoxy groups -OCH3 is 1. The second kappa shape index (κ2) is 7.60. The Balaban J connectivity index is 1.66. The molecule has 1 N–H and O–H groups in total. The van der Waals surface area contributed by atoms with E-state index in [9.17, 15) is 9.59 Å². The Morgan fingerprint density at radius 1 is 1.23 bits per heavy atom. The number of hydrogen-bond acceptors (Lipinski definition) is 3. The largest absolute Gasteiger partial charge is 0.496 e. The third-order valence-corrected chi connectivity index (χ3v) is 4.80. The molecule has 5 heteroatoms. The van der Waals surface area contributed by atoms with Crippen LogP contribution in [-0.2, 0) is 16.1 Å². The summed E-state index contributed by atoms with van der Waals surface area (Å²) in [6.07, 6.45) is 0.241. The van der Waals surface area contributed by atoms with Crippen LogP contribution in [0.1, 0.15) is 23.1 Å². The Hall–Kier alpha value is -2.82. The van der Waals surface area contributed by atoms with Crippen LogP contribution in [0.3, 0.4) is 0 Å². The molecule has 136 valence electrons. The van der Waals surface area contributed by atoms with E-state index >= 15 is 0 Å². The lowest BCUT2D eigenvalue weighted by Gasteiger charge is -2.19. The lowest BCUT2D eigenvalue weighted by molar-refractivity contribution is -0.126. The van der Waals surface area contributed by atoms with Crippen molar-refractivity contribution >= 4 is 17.5 Å². The second-order valence-electron chi connectivity index (χ2n) is 6.72. The van der Waals surface area contributed by atoms with Crippen molar-refractivity contribution in [2.24, 2.45) is 5.92 Å². The smallest absolute Gasteiger partial charge is 0.227 e. The van der Waals surface area contributed by atoms with E-state index in [0.717, 1.165) is 28.1 Å². The van der Waals surface area contributed by atoms with Gasteiger partial charge in [-0.3, -0.25) is 9.59 Å². The highest BCUT2D eigenvalue weighted by molar-refractivity contribution is 6.00. The molecule has 5 nitrogen and oxygen atoms in total. The summed E-state index contributed by atoms with van der Waals surface area (Å²) in [6.45, 7) is 4.79. The number of nitrogens with one attached hydrogen (secondary N) is 1. The summed E-state index contributed by atoms with van der Waals surface area (Å²) in [7, 11) is 1.61. The number of rotatable bonds is 5. The molecule has 0 aliphatic carbocycles. The molecule has 1 aliphatic rings. The van der Waals surface area contributed by atoms with E-state index in [1.165, 1.54) is 0 Å². The number of aryl methyl sites for hydroxylation is 2. The van der Waals surface area contributed by atoms with Gasteiger partial charge in [0.1, 0.15) is 5.75 Å². The van der Waals surface area contributed by atoms with Gasteiger partial charge in [-0.25, -0.2) is 0 Å². The molecule has 1 saturated heterocycles. The number of para-hydroxylation sites is 1. The van der Waals surface area contributed by atoms with Crippen molar-refractivity contribution in [1.29, 1.82) is 0 Å². The molecule has 0 radical (unpaired) electrons. The van der Waals surface area contributed by atoms with Crippen LogP contribution in [0.2, 0.25) is 0 Å². The van der Waals surface area contributed by atoms with E-state index in [2.05, 4.69) is 5.32 Å². The summed E-state index contributed by atoms with van der Waals surface area (Å²) in [5.74, 6) is 0.303. The van der Waals surface area contributed by atoms with Crippen LogP contribution in [0, 0.1) is 19.8 Å². The Labute approximate surface area is 154 Å². The topological polar surface area (TPSA) is 58.6 Å². The molecule has 0 aromatic heterocycles. The first-order valence-electron chi connectivity index (χ1n) is 8.77. The maximum Gasteiger partial charge on any atom is 0.227 e. The van der Waals surface area contributed by atoms with E-state index < -0.39 is 0 Å². The quantitative estimate of drug-likeness (QED) is 0.900. The van der Waals surface area contributed by atoms with Gasteiger partial charge in [-0.2, -0.15) is 0 Å². The van der Waals surface area contributed by atoms with Crippen LogP contribution in [0.5, 0.6) is 5.75 Å². The first-order valence-corrected chi connectivity index (χ1v) is 8.77. The van der Waals surface area contributed by atoms with Crippen molar-refractivity contribution in [2.45, 2.75) is 26.8 Å². The van der Waals surface area contributed by atoms with Crippen molar-refractivity contribution < 1.29 is 14.3 Å². The maximum absolute atomic E-state index is 12.6. The summed E-state index contributed by atoms with van der Waals surface area (Å²) in [5, 5.41) is 2.94. The zero-order valence-corrected chi connectivity index (χ0v) is 15.4. The first kappa shape index (κ1) is 18.0. The molecule has 2 aromatic rings. The number of anilines is 1. The van der Waals surface area contributed by atoms with Crippen molar-refractivity contribution in [2.75, 3.05) is 18.6 Å². The van der Waals surface area contributed by atoms with Crippen molar-refractivity contribution in [3.8, 4) is 5.75 Å². The van der Waals surface area contributed by atoms with E-state index in [4.69, 9.17) is 4.74 Å². The molecule has 1 unspecified atom stereocenters. The van der Waals surface area contributed by atoms with Crippen LogP contribution in [0.15, 0.2) is 42.5 Å². The molecule has 2 amide bonds. The molecule has 0 bridgehead atoms. The molecular formula is C21H24N2O3. The normalized spacial score (nSPS) is 16.7. The number of nitrogens with zero attached hydrogens (tertiary/aromatic N) is 1. The molecule has 0 spiro atoms. The number of hydrogen-bond donors (Lipinski definition) is 1. The summed E-state index contributed by atoms with van der Waals surface area (Å²) >= 11 is 0. The molecule has 26 heavy (non-hydrogen) atoms. The number of carbonyl (C=O) groups is 2. The summed E-state index contributed by atoms with van der Waals surface area (Å²) in [5.41, 5.74) is 3.95. The average Bonchev–Trinajstić information content (AvgIpc) is 3.03. The van der Waals surface area contributed by atoms with E-state index in [-0.39, 0.29) is 24.2 Å². The first-order chi connectivity index (χ1) is 12.5. The lowest BCUT2D eigenvalue weighted by Crippen LogP contribution is -2.32. The van der Waals surface area contributed by atoms with Crippen molar-refractivity contribution in [3.63, 3.8) is 0 Å². The highest BCUT2D eigenvalue weighted by atomic mass is 16.5. The zero-order chi connectivity index (χ0) is 18.7. The van der Waals surface area contributed by atoms with Crippen LogP contribution in [0.4, 0.5) is 5.69 Å². The number of ether oxygens (including phenoxy) is 1. The third-order valence-electron chi connectivity index (χ3n) is 4.80. The van der Waals surface area contributed by atoms with E-state index in [0.29, 0.717) is 13.1 Å². The molecule has 1 aliphatic heterocycles. The van der Waals surface area contributed by atoms with Gasteiger partial charge in [0.25, 0.3) is 0 Å². The maximum atomic E-state index is 12.6. The van der Waals surface area contributed by atoms with Crippen LogP contribution < -0.4 is 15.0 Å². The minimum atomic E-state index is -0.336. The zero-order valence-electron chi connectivity index (χ0n) is 15.4. The second-order valence-corrected chi connectivity index (χ2v) is 6.72. The average molecular weight is 352 g/mol. The summed E-state index contributed by atoms with van der Waals surface area (Å²) in [4.78, 5) is 26.7. The molecule has 3 rings (SSSR count). The monoisotopic (exact) mass is 352 g/mol. The third kappa shape index (κ3) is 3.72. The molecule has 1 heterocycles. The van der Waals surface area contributed by atoms with Gasteiger partial charge in [0.2, 0.25) is 11.8 Å². The molecule has 2 aromatic carbocycles. The summed E-state index contributed by atoms with van der Waals surface area (Å²) < 4.78 is 5.31. The fourth-order valence-corrected chi connectivity index (χ4v) is 3.30. The van der Waals surface area contributed by atoms with E-state index in [1.807, 2.05) is 56.3 Å². The minimum Gasteiger partial charge on any atom is -0.496 e. The number of carbonyl (C=O) groups excluding carboxylic acids is 2. The highest BCUT2D eigenvalue weighted by Crippen LogP contribution is 2.29. The Morgan fingerprint density at radius 3 is 2.77 bits per heavy atom. The summed E-state index contributed by atoms with van der Waals surface area (Å²) in [6, 6.07) is 13.6. The predicted molar refractivity (Wildman–Crippen MR) is 101 cm³/mol. The number of amides is 2. The predicted octanol–water partition coefficient (Wildman–Crippen LogP) is 2.98. The minimum absolute atomic E-state index is 0.00357. The van der Waals surface area contributed by atoms with E-state index in [1.54, 1.807) is 12.0 Å². The van der Waals surface area contributed by atoms with Crippen LogP contribution >= 0.6 is 0 Å². The Kier molecular flexibility index (Phi) is 5.26. The Bertz CT molecular complexity index is 832. The fourth-order valence-electron chi connectivity index (χ4n) is 3.30. The standard InChI is InChI=1S/C21H24N2O3/c1-14-8-9-15(2)18(10-14)23-13-17(11-20(23)24)21(25)22-12-16-6-4-5-7-19(16)26-3/h4-10,17H,11-13H2,1-3H3,(H,22,25). The lowest BCUT2D eigenvalue weighted by atomic mass is 10.1. The molecule has 1 fully saturated rings.